The normalized spacial score (nSPS) is 19.9. The van der Waals surface area contributed by atoms with E-state index in [1.165, 1.54) is 11.3 Å². The molecule has 0 spiro atoms. The van der Waals surface area contributed by atoms with E-state index in [2.05, 4.69) is 24.1 Å². The molecule has 1 amide bonds. The summed E-state index contributed by atoms with van der Waals surface area (Å²) in [4.78, 5) is 17.2. The lowest BCUT2D eigenvalue weighted by Crippen LogP contribution is -2.42. The maximum atomic E-state index is 13.0. The van der Waals surface area contributed by atoms with Gasteiger partial charge in [0.2, 0.25) is 15.9 Å². The Bertz CT molecular complexity index is 1130. The SMILES string of the molecule is CC1CC(C)CN(S(=O)(=O)c2ccc(NC(=O)Cc3csc(-c4ccsc4)n3)cc2)C1. The number of nitrogens with one attached hydrogen (secondary N) is 1. The van der Waals surface area contributed by atoms with Crippen LogP contribution in [0.3, 0.4) is 0 Å². The molecule has 1 saturated heterocycles. The number of rotatable bonds is 6. The Balaban J connectivity index is 1.38. The fourth-order valence-corrected chi connectivity index (χ4v) is 7.15. The number of anilines is 1. The number of carbonyl (C=O) groups is 1. The van der Waals surface area contributed by atoms with Crippen LogP contribution in [0.4, 0.5) is 5.69 Å². The second kappa shape index (κ2) is 9.20. The van der Waals surface area contributed by atoms with Crippen LogP contribution in [0.25, 0.3) is 10.6 Å². The van der Waals surface area contributed by atoms with Gasteiger partial charge in [-0.1, -0.05) is 13.8 Å². The number of amides is 1. The van der Waals surface area contributed by atoms with Crippen molar-refractivity contribution in [3.63, 3.8) is 0 Å². The van der Waals surface area contributed by atoms with Gasteiger partial charge in [0.05, 0.1) is 17.0 Å². The zero-order valence-corrected chi connectivity index (χ0v) is 19.9. The van der Waals surface area contributed by atoms with Crippen molar-refractivity contribution in [2.24, 2.45) is 11.8 Å². The van der Waals surface area contributed by atoms with Crippen LogP contribution in [-0.2, 0) is 21.2 Å². The molecule has 0 radical (unpaired) electrons. The molecule has 9 heteroatoms. The molecule has 164 valence electrons. The number of hydrogen-bond donors (Lipinski definition) is 1. The summed E-state index contributed by atoms with van der Waals surface area (Å²) in [5.74, 6) is 0.516. The van der Waals surface area contributed by atoms with Crippen LogP contribution < -0.4 is 5.32 Å². The fourth-order valence-electron chi connectivity index (χ4n) is 3.94. The molecule has 2 unspecified atom stereocenters. The Kier molecular flexibility index (Phi) is 6.57. The molecule has 3 aromatic rings. The summed E-state index contributed by atoms with van der Waals surface area (Å²) in [6.45, 7) is 5.27. The molecule has 6 nitrogen and oxygen atoms in total. The molecule has 3 heterocycles. The minimum Gasteiger partial charge on any atom is -0.326 e. The molecule has 1 aromatic carbocycles. The number of piperidine rings is 1. The fraction of sp³-hybridized carbons (Fsp3) is 0.364. The van der Waals surface area contributed by atoms with Crippen LogP contribution in [-0.4, -0.2) is 36.7 Å². The standard InChI is InChI=1S/C22H25N3O3S3/c1-15-9-16(2)12-25(11-15)31(27,28)20-5-3-18(4-6-20)23-21(26)10-19-14-30-22(24-19)17-7-8-29-13-17/h3-8,13-16H,9-12H2,1-2H3,(H,23,26). The van der Waals surface area contributed by atoms with E-state index < -0.39 is 10.0 Å². The molecule has 0 bridgehead atoms. The molecule has 4 rings (SSSR count). The first-order valence-corrected chi connectivity index (χ1v) is 13.4. The highest BCUT2D eigenvalue weighted by Gasteiger charge is 2.31. The largest absolute Gasteiger partial charge is 0.326 e. The van der Waals surface area contributed by atoms with Gasteiger partial charge in [-0.15, -0.1) is 11.3 Å². The highest BCUT2D eigenvalue weighted by atomic mass is 32.2. The maximum absolute atomic E-state index is 13.0. The highest BCUT2D eigenvalue weighted by Crippen LogP contribution is 2.28. The molecular formula is C22H25N3O3S3. The molecule has 0 saturated carbocycles. The van der Waals surface area contributed by atoms with E-state index in [4.69, 9.17) is 0 Å². The van der Waals surface area contributed by atoms with Crippen molar-refractivity contribution in [1.29, 1.82) is 0 Å². The van der Waals surface area contributed by atoms with Gasteiger partial charge in [-0.25, -0.2) is 13.4 Å². The number of hydrogen-bond acceptors (Lipinski definition) is 6. The number of thiazole rings is 1. The minimum atomic E-state index is -3.53. The Labute approximate surface area is 191 Å². The topological polar surface area (TPSA) is 79.4 Å². The Morgan fingerprint density at radius 3 is 2.48 bits per heavy atom. The molecule has 1 fully saturated rings. The molecular weight excluding hydrogens is 450 g/mol. The predicted molar refractivity (Wildman–Crippen MR) is 126 cm³/mol. The third kappa shape index (κ3) is 5.23. The van der Waals surface area contributed by atoms with Gasteiger partial charge in [-0.05, 0) is 54.0 Å². The Morgan fingerprint density at radius 2 is 1.84 bits per heavy atom. The second-order valence-corrected chi connectivity index (χ2v) is 11.7. The van der Waals surface area contributed by atoms with Gasteiger partial charge < -0.3 is 5.32 Å². The third-order valence-corrected chi connectivity index (χ3v) is 8.74. The summed E-state index contributed by atoms with van der Waals surface area (Å²) in [5.41, 5.74) is 2.35. The highest BCUT2D eigenvalue weighted by molar-refractivity contribution is 7.89. The first-order valence-electron chi connectivity index (χ1n) is 10.2. The average molecular weight is 476 g/mol. The summed E-state index contributed by atoms with van der Waals surface area (Å²) in [6.07, 6.45) is 1.22. The Hall–Kier alpha value is -2.07. The van der Waals surface area contributed by atoms with E-state index in [9.17, 15) is 13.2 Å². The monoisotopic (exact) mass is 475 g/mol. The molecule has 31 heavy (non-hydrogen) atoms. The van der Waals surface area contributed by atoms with Crippen LogP contribution in [0.5, 0.6) is 0 Å². The number of thiophene rings is 1. The van der Waals surface area contributed by atoms with Gasteiger partial charge in [0.25, 0.3) is 0 Å². The van der Waals surface area contributed by atoms with Crippen molar-refractivity contribution in [2.75, 3.05) is 18.4 Å². The molecule has 1 N–H and O–H groups in total. The van der Waals surface area contributed by atoms with Crippen molar-refractivity contribution >= 4 is 44.3 Å². The second-order valence-electron chi connectivity index (χ2n) is 8.17. The quantitative estimate of drug-likeness (QED) is 0.559. The van der Waals surface area contributed by atoms with Crippen molar-refractivity contribution in [3.8, 4) is 10.6 Å². The van der Waals surface area contributed by atoms with Crippen LogP contribution in [0.2, 0.25) is 0 Å². The number of benzene rings is 1. The lowest BCUT2D eigenvalue weighted by molar-refractivity contribution is -0.115. The molecule has 0 aliphatic carbocycles. The first-order chi connectivity index (χ1) is 14.8. The van der Waals surface area contributed by atoms with E-state index >= 15 is 0 Å². The Morgan fingerprint density at radius 1 is 1.13 bits per heavy atom. The molecule has 1 aliphatic rings. The summed E-state index contributed by atoms with van der Waals surface area (Å²) in [5, 5.41) is 9.65. The summed E-state index contributed by atoms with van der Waals surface area (Å²) < 4.78 is 27.5. The summed E-state index contributed by atoms with van der Waals surface area (Å²) in [6, 6.07) is 8.41. The minimum absolute atomic E-state index is 0.171. The molecule has 2 atom stereocenters. The lowest BCUT2D eigenvalue weighted by Gasteiger charge is -2.34. The van der Waals surface area contributed by atoms with Gasteiger partial charge in [0, 0.05) is 35.1 Å². The third-order valence-electron chi connectivity index (χ3n) is 5.27. The van der Waals surface area contributed by atoms with Gasteiger partial charge in [0.1, 0.15) is 5.01 Å². The van der Waals surface area contributed by atoms with Crippen molar-refractivity contribution in [2.45, 2.75) is 31.6 Å². The number of sulfonamides is 1. The zero-order valence-electron chi connectivity index (χ0n) is 17.4. The van der Waals surface area contributed by atoms with Gasteiger partial charge in [-0.2, -0.15) is 15.6 Å². The van der Waals surface area contributed by atoms with E-state index in [0.29, 0.717) is 30.6 Å². The number of aromatic nitrogens is 1. The van der Waals surface area contributed by atoms with E-state index in [1.54, 1.807) is 39.9 Å². The van der Waals surface area contributed by atoms with Gasteiger partial charge >= 0.3 is 0 Å². The smallest absolute Gasteiger partial charge is 0.243 e. The van der Waals surface area contributed by atoms with E-state index in [-0.39, 0.29) is 17.2 Å². The van der Waals surface area contributed by atoms with E-state index in [0.717, 1.165) is 22.7 Å². The number of nitrogens with zero attached hydrogens (tertiary/aromatic N) is 2. The van der Waals surface area contributed by atoms with Gasteiger partial charge in [0.15, 0.2) is 0 Å². The number of carbonyl (C=O) groups excluding carboxylic acids is 1. The summed E-state index contributed by atoms with van der Waals surface area (Å²) in [7, 11) is -3.53. The molecule has 2 aromatic heterocycles. The lowest BCUT2D eigenvalue weighted by atomic mass is 9.94. The van der Waals surface area contributed by atoms with Crippen molar-refractivity contribution in [1.82, 2.24) is 9.29 Å². The van der Waals surface area contributed by atoms with Crippen molar-refractivity contribution < 1.29 is 13.2 Å². The predicted octanol–water partition coefficient (Wildman–Crippen LogP) is 4.72. The average Bonchev–Trinajstić information content (AvgIpc) is 3.39. The van der Waals surface area contributed by atoms with Crippen LogP contribution in [0.15, 0.2) is 51.4 Å². The van der Waals surface area contributed by atoms with Crippen LogP contribution >= 0.6 is 22.7 Å². The summed E-state index contributed by atoms with van der Waals surface area (Å²) >= 11 is 3.13. The maximum Gasteiger partial charge on any atom is 0.243 e. The van der Waals surface area contributed by atoms with Crippen molar-refractivity contribution in [3.05, 3.63) is 52.2 Å². The van der Waals surface area contributed by atoms with Crippen LogP contribution in [0.1, 0.15) is 26.0 Å². The van der Waals surface area contributed by atoms with Gasteiger partial charge in [-0.3, -0.25) is 4.79 Å². The molecule has 1 aliphatic heterocycles. The van der Waals surface area contributed by atoms with E-state index in [1.807, 2.05) is 22.2 Å². The zero-order chi connectivity index (χ0) is 22.0. The van der Waals surface area contributed by atoms with Crippen LogP contribution in [0, 0.1) is 11.8 Å². The first kappa shape index (κ1) is 22.1.